The topological polar surface area (TPSA) is 98.0 Å². The zero-order valence-corrected chi connectivity index (χ0v) is 15.9. The molecule has 1 aromatic carbocycles. The van der Waals surface area contributed by atoms with Gasteiger partial charge in [0.15, 0.2) is 0 Å². The predicted molar refractivity (Wildman–Crippen MR) is 108 cm³/mol. The number of anilines is 1. The monoisotopic (exact) mass is 410 g/mol. The van der Waals surface area contributed by atoms with Crippen LogP contribution in [0.2, 0.25) is 5.02 Å². The largest absolute Gasteiger partial charge is 0.366 e. The number of primary amides is 1. The first-order valence-corrected chi connectivity index (χ1v) is 9.33. The lowest BCUT2D eigenvalue weighted by Crippen LogP contribution is -2.18. The van der Waals surface area contributed by atoms with Crippen LogP contribution < -0.4 is 11.1 Å². The van der Waals surface area contributed by atoms with Crippen LogP contribution in [0.5, 0.6) is 0 Å². The number of nitrogens with one attached hydrogen (secondary N) is 1. The highest BCUT2D eigenvalue weighted by atomic mass is 35.5. The molecule has 2 amide bonds. The maximum atomic E-state index is 14.6. The van der Waals surface area contributed by atoms with E-state index in [4.69, 9.17) is 17.3 Å². The van der Waals surface area contributed by atoms with Crippen LogP contribution in [0.3, 0.4) is 0 Å². The normalized spacial score (nSPS) is 13.2. The first-order valence-electron chi connectivity index (χ1n) is 8.95. The van der Waals surface area contributed by atoms with Crippen molar-refractivity contribution in [1.29, 1.82) is 0 Å². The fourth-order valence-corrected chi connectivity index (χ4v) is 3.30. The molecule has 0 aliphatic heterocycles. The Morgan fingerprint density at radius 3 is 2.62 bits per heavy atom. The highest BCUT2D eigenvalue weighted by Gasteiger charge is 2.31. The van der Waals surface area contributed by atoms with E-state index >= 15 is 0 Å². The number of amides is 2. The lowest BCUT2D eigenvalue weighted by Gasteiger charge is -2.16. The van der Waals surface area contributed by atoms with Gasteiger partial charge < -0.3 is 11.1 Å². The van der Waals surface area contributed by atoms with Crippen LogP contribution in [0, 0.1) is 11.7 Å². The van der Waals surface area contributed by atoms with Gasteiger partial charge in [-0.1, -0.05) is 11.6 Å². The molecule has 3 N–H and O–H groups in total. The molecule has 0 spiro atoms. The maximum Gasteiger partial charge on any atom is 0.249 e. The van der Waals surface area contributed by atoms with Crippen LogP contribution >= 0.6 is 11.6 Å². The molecule has 146 valence electrons. The number of aromatic nitrogens is 2. The zero-order chi connectivity index (χ0) is 20.5. The second-order valence-electron chi connectivity index (χ2n) is 6.76. The Bertz CT molecular complexity index is 1130. The fourth-order valence-electron chi connectivity index (χ4n) is 3.13. The Kier molecular flexibility index (Phi) is 4.98. The Morgan fingerprint density at radius 2 is 1.90 bits per heavy atom. The molecule has 1 aliphatic rings. The smallest absolute Gasteiger partial charge is 0.249 e. The summed E-state index contributed by atoms with van der Waals surface area (Å²) in [6.45, 7) is 0. The van der Waals surface area contributed by atoms with E-state index in [1.165, 1.54) is 42.9 Å². The molecular formula is C21H16ClFN4O2. The van der Waals surface area contributed by atoms with Crippen molar-refractivity contribution < 1.29 is 14.0 Å². The van der Waals surface area contributed by atoms with Crippen molar-refractivity contribution in [2.45, 2.75) is 12.8 Å². The molecule has 4 rings (SSSR count). The van der Waals surface area contributed by atoms with Crippen molar-refractivity contribution in [2.75, 3.05) is 5.32 Å². The third-order valence-electron chi connectivity index (χ3n) is 4.72. The summed E-state index contributed by atoms with van der Waals surface area (Å²) in [4.78, 5) is 32.8. The van der Waals surface area contributed by atoms with Gasteiger partial charge in [0.2, 0.25) is 11.8 Å². The van der Waals surface area contributed by atoms with Crippen LogP contribution in [-0.2, 0) is 4.79 Å². The molecule has 0 radical (unpaired) electrons. The van der Waals surface area contributed by atoms with Gasteiger partial charge >= 0.3 is 0 Å². The van der Waals surface area contributed by atoms with Gasteiger partial charge in [0.1, 0.15) is 11.6 Å². The summed E-state index contributed by atoms with van der Waals surface area (Å²) >= 11 is 6.06. The van der Waals surface area contributed by atoms with Gasteiger partial charge in [0, 0.05) is 46.2 Å². The number of nitrogens with zero attached hydrogens (tertiary/aromatic N) is 2. The van der Waals surface area contributed by atoms with Crippen molar-refractivity contribution in [1.82, 2.24) is 9.97 Å². The standard InChI is InChI=1S/C21H16ClFN4O2/c22-12-3-4-17(23)15(9-12)13-5-7-25-10-16(13)18-14(19(24)28)6-8-26-20(18)27-21(29)11-1-2-11/h3-11H,1-2H2,(H2,24,28)(H,26,27,29). The minimum atomic E-state index is -0.703. The Balaban J connectivity index is 1.94. The number of hydrogen-bond acceptors (Lipinski definition) is 4. The van der Waals surface area contributed by atoms with E-state index in [2.05, 4.69) is 15.3 Å². The van der Waals surface area contributed by atoms with E-state index in [1.54, 1.807) is 6.07 Å². The third-order valence-corrected chi connectivity index (χ3v) is 4.95. The van der Waals surface area contributed by atoms with Gasteiger partial charge in [-0.3, -0.25) is 14.6 Å². The highest BCUT2D eigenvalue weighted by Crippen LogP contribution is 2.39. The average molecular weight is 411 g/mol. The van der Waals surface area contributed by atoms with E-state index in [0.717, 1.165) is 12.8 Å². The van der Waals surface area contributed by atoms with Gasteiger partial charge in [-0.15, -0.1) is 0 Å². The first kappa shape index (κ1) is 19.0. The number of rotatable bonds is 5. The molecule has 1 fully saturated rings. The highest BCUT2D eigenvalue weighted by molar-refractivity contribution is 6.30. The van der Waals surface area contributed by atoms with Gasteiger partial charge in [0.05, 0.1) is 5.56 Å². The van der Waals surface area contributed by atoms with E-state index in [0.29, 0.717) is 16.1 Å². The maximum absolute atomic E-state index is 14.6. The van der Waals surface area contributed by atoms with Crippen molar-refractivity contribution in [3.05, 3.63) is 65.3 Å². The number of carbonyl (C=O) groups is 2. The van der Waals surface area contributed by atoms with E-state index < -0.39 is 11.7 Å². The number of pyridine rings is 2. The van der Waals surface area contributed by atoms with Crippen LogP contribution in [-0.4, -0.2) is 21.8 Å². The van der Waals surface area contributed by atoms with Crippen molar-refractivity contribution in [2.24, 2.45) is 11.7 Å². The quantitative estimate of drug-likeness (QED) is 0.662. The Hall–Kier alpha value is -3.32. The summed E-state index contributed by atoms with van der Waals surface area (Å²) < 4.78 is 14.6. The summed E-state index contributed by atoms with van der Waals surface area (Å²) in [5.41, 5.74) is 7.08. The summed E-state index contributed by atoms with van der Waals surface area (Å²) in [7, 11) is 0. The molecule has 0 unspecified atom stereocenters. The van der Waals surface area contributed by atoms with E-state index in [9.17, 15) is 14.0 Å². The van der Waals surface area contributed by atoms with Gasteiger partial charge in [0.25, 0.3) is 0 Å². The number of hydrogen-bond donors (Lipinski definition) is 2. The second kappa shape index (κ2) is 7.60. The molecule has 0 atom stereocenters. The Morgan fingerprint density at radius 1 is 1.10 bits per heavy atom. The fraction of sp³-hybridized carbons (Fsp3) is 0.143. The van der Waals surface area contributed by atoms with Crippen molar-refractivity contribution in [3.8, 4) is 22.3 Å². The molecule has 2 aromatic heterocycles. The van der Waals surface area contributed by atoms with Crippen molar-refractivity contribution >= 4 is 29.2 Å². The molecule has 2 heterocycles. The van der Waals surface area contributed by atoms with Gasteiger partial charge in [-0.05, 0) is 48.7 Å². The van der Waals surface area contributed by atoms with Gasteiger partial charge in [-0.25, -0.2) is 9.37 Å². The molecule has 0 bridgehead atoms. The van der Waals surface area contributed by atoms with Crippen LogP contribution in [0.4, 0.5) is 10.2 Å². The van der Waals surface area contributed by atoms with E-state index in [1.807, 2.05) is 0 Å². The first-order chi connectivity index (χ1) is 14.0. The number of benzene rings is 1. The Labute approximate surface area is 170 Å². The number of carbonyl (C=O) groups excluding carboxylic acids is 2. The molecule has 3 aromatic rings. The summed E-state index contributed by atoms with van der Waals surface area (Å²) in [6, 6.07) is 7.25. The molecule has 29 heavy (non-hydrogen) atoms. The lowest BCUT2D eigenvalue weighted by atomic mass is 9.93. The van der Waals surface area contributed by atoms with Crippen LogP contribution in [0.1, 0.15) is 23.2 Å². The lowest BCUT2D eigenvalue weighted by molar-refractivity contribution is -0.117. The minimum absolute atomic E-state index is 0.0689. The predicted octanol–water partition coefficient (Wildman–Crippen LogP) is 4.05. The molecule has 1 saturated carbocycles. The molecule has 8 heteroatoms. The molecule has 1 aliphatic carbocycles. The zero-order valence-electron chi connectivity index (χ0n) is 15.2. The van der Waals surface area contributed by atoms with Crippen LogP contribution in [0.25, 0.3) is 22.3 Å². The molecule has 6 nitrogen and oxygen atoms in total. The summed E-state index contributed by atoms with van der Waals surface area (Å²) in [6.07, 6.45) is 5.99. The number of halogens is 2. The second-order valence-corrected chi connectivity index (χ2v) is 7.19. The van der Waals surface area contributed by atoms with E-state index in [-0.39, 0.29) is 34.3 Å². The SMILES string of the molecule is NC(=O)c1ccnc(NC(=O)C2CC2)c1-c1cnccc1-c1cc(Cl)ccc1F. The summed E-state index contributed by atoms with van der Waals surface area (Å²) in [5.74, 6) is -1.27. The molecule has 0 saturated heterocycles. The van der Waals surface area contributed by atoms with Crippen molar-refractivity contribution in [3.63, 3.8) is 0 Å². The molecular weight excluding hydrogens is 395 g/mol. The minimum Gasteiger partial charge on any atom is -0.366 e. The third kappa shape index (κ3) is 3.82. The average Bonchev–Trinajstić information content (AvgIpc) is 3.55. The number of nitrogens with two attached hydrogens (primary N) is 1. The van der Waals surface area contributed by atoms with Crippen LogP contribution in [0.15, 0.2) is 48.9 Å². The van der Waals surface area contributed by atoms with Gasteiger partial charge in [-0.2, -0.15) is 0 Å². The summed E-state index contributed by atoms with van der Waals surface area (Å²) in [5, 5.41) is 3.12.